The third-order valence-electron chi connectivity index (χ3n) is 6.23. The van der Waals surface area contributed by atoms with Crippen LogP contribution >= 0.6 is 0 Å². The van der Waals surface area contributed by atoms with Crippen molar-refractivity contribution in [2.45, 2.75) is 51.5 Å². The zero-order valence-corrected chi connectivity index (χ0v) is 18.3. The molecule has 1 saturated carbocycles. The standard InChI is InChI=1S/C25H29N3O4/c1-16-22-20(12-7-14-26-22)32-24(16)23(17-8-3-2-4-9-17)28-19-11-6-5-10-18(19)25(31)27-15-13-21(29)30/h5-7,10-12,14,17,23,28H,2-4,8-9,13,15H2,1H3,(H,27,31)(H,29,30). The van der Waals surface area contributed by atoms with Gasteiger partial charge in [0.05, 0.1) is 18.0 Å². The van der Waals surface area contributed by atoms with E-state index in [1.807, 2.05) is 37.3 Å². The number of aliphatic carboxylic acids is 1. The first-order chi connectivity index (χ1) is 15.5. The second-order valence-corrected chi connectivity index (χ2v) is 8.41. The van der Waals surface area contributed by atoms with Gasteiger partial charge in [-0.2, -0.15) is 0 Å². The van der Waals surface area contributed by atoms with Crippen molar-refractivity contribution < 1.29 is 19.1 Å². The van der Waals surface area contributed by atoms with Crippen molar-refractivity contribution >= 4 is 28.7 Å². The van der Waals surface area contributed by atoms with Crippen LogP contribution in [0.4, 0.5) is 5.69 Å². The van der Waals surface area contributed by atoms with E-state index >= 15 is 0 Å². The minimum Gasteiger partial charge on any atom is -0.481 e. The quantitative estimate of drug-likeness (QED) is 0.456. The molecule has 32 heavy (non-hydrogen) atoms. The molecule has 1 aliphatic carbocycles. The SMILES string of the molecule is Cc1c(C(Nc2ccccc2C(=O)NCCC(=O)O)C2CCCCC2)oc2cccnc12. The first kappa shape index (κ1) is 21.9. The van der Waals surface area contributed by atoms with E-state index in [1.165, 1.54) is 19.3 Å². The number of pyridine rings is 1. The zero-order valence-electron chi connectivity index (χ0n) is 18.3. The highest BCUT2D eigenvalue weighted by molar-refractivity contribution is 5.99. The van der Waals surface area contributed by atoms with E-state index in [-0.39, 0.29) is 24.9 Å². The Kier molecular flexibility index (Phi) is 6.73. The Morgan fingerprint density at radius 1 is 1.16 bits per heavy atom. The summed E-state index contributed by atoms with van der Waals surface area (Å²) in [4.78, 5) is 28.1. The van der Waals surface area contributed by atoms with Crippen LogP contribution in [0.1, 0.15) is 66.2 Å². The second kappa shape index (κ2) is 9.85. The smallest absolute Gasteiger partial charge is 0.305 e. The van der Waals surface area contributed by atoms with Crippen LogP contribution in [-0.4, -0.2) is 28.5 Å². The number of carbonyl (C=O) groups excluding carboxylic acids is 1. The van der Waals surface area contributed by atoms with E-state index in [0.29, 0.717) is 17.2 Å². The van der Waals surface area contributed by atoms with E-state index < -0.39 is 5.97 Å². The molecule has 0 bridgehead atoms. The summed E-state index contributed by atoms with van der Waals surface area (Å²) in [6.07, 6.45) is 7.44. The molecule has 2 aromatic heterocycles. The normalized spacial score (nSPS) is 15.4. The molecule has 1 aromatic carbocycles. The van der Waals surface area contributed by atoms with E-state index in [0.717, 1.165) is 35.3 Å². The van der Waals surface area contributed by atoms with Gasteiger partial charge in [-0.25, -0.2) is 0 Å². The fraction of sp³-hybridized carbons (Fsp3) is 0.400. The van der Waals surface area contributed by atoms with Gasteiger partial charge in [0.1, 0.15) is 11.3 Å². The maximum Gasteiger partial charge on any atom is 0.305 e. The third-order valence-corrected chi connectivity index (χ3v) is 6.23. The highest BCUT2D eigenvalue weighted by Crippen LogP contribution is 2.40. The highest BCUT2D eigenvalue weighted by Gasteiger charge is 2.31. The lowest BCUT2D eigenvalue weighted by atomic mass is 9.82. The Balaban J connectivity index is 1.65. The minimum absolute atomic E-state index is 0.0857. The van der Waals surface area contributed by atoms with Crippen molar-refractivity contribution in [3.8, 4) is 0 Å². The van der Waals surface area contributed by atoms with E-state index in [9.17, 15) is 9.59 Å². The van der Waals surface area contributed by atoms with Crippen molar-refractivity contribution in [2.75, 3.05) is 11.9 Å². The number of nitrogens with zero attached hydrogens (tertiary/aromatic N) is 1. The maximum atomic E-state index is 12.8. The van der Waals surface area contributed by atoms with Crippen LogP contribution in [0, 0.1) is 12.8 Å². The number of hydrogen-bond acceptors (Lipinski definition) is 5. The predicted molar refractivity (Wildman–Crippen MR) is 123 cm³/mol. The average molecular weight is 436 g/mol. The Labute approximate surface area is 187 Å². The van der Waals surface area contributed by atoms with E-state index in [2.05, 4.69) is 15.6 Å². The molecule has 1 aliphatic rings. The summed E-state index contributed by atoms with van der Waals surface area (Å²) in [7, 11) is 0. The topological polar surface area (TPSA) is 104 Å². The number of fused-ring (bicyclic) bond motifs is 1. The molecule has 0 aliphatic heterocycles. The Morgan fingerprint density at radius 3 is 2.69 bits per heavy atom. The molecular weight excluding hydrogens is 406 g/mol. The van der Waals surface area contributed by atoms with Gasteiger partial charge >= 0.3 is 5.97 Å². The number of benzene rings is 1. The molecule has 4 rings (SSSR count). The number of furan rings is 1. The van der Waals surface area contributed by atoms with Crippen LogP contribution in [0.3, 0.4) is 0 Å². The lowest BCUT2D eigenvalue weighted by molar-refractivity contribution is -0.136. The van der Waals surface area contributed by atoms with Crippen LogP contribution in [0.15, 0.2) is 47.0 Å². The Morgan fingerprint density at radius 2 is 1.94 bits per heavy atom. The lowest BCUT2D eigenvalue weighted by Gasteiger charge is -2.31. The van der Waals surface area contributed by atoms with Crippen LogP contribution < -0.4 is 10.6 Å². The number of amides is 1. The molecule has 0 spiro atoms. The fourth-order valence-corrected chi connectivity index (χ4v) is 4.58. The summed E-state index contributed by atoms with van der Waals surface area (Å²) in [5, 5.41) is 15.2. The Bertz CT molecular complexity index is 1100. The van der Waals surface area contributed by atoms with Gasteiger partial charge in [0, 0.05) is 24.0 Å². The molecular formula is C25H29N3O4. The van der Waals surface area contributed by atoms with Gasteiger partial charge in [0.25, 0.3) is 5.91 Å². The molecule has 1 fully saturated rings. The molecule has 7 heteroatoms. The van der Waals surface area contributed by atoms with Crippen LogP contribution in [0.25, 0.3) is 11.1 Å². The average Bonchev–Trinajstić information content (AvgIpc) is 3.14. The molecule has 7 nitrogen and oxygen atoms in total. The lowest BCUT2D eigenvalue weighted by Crippen LogP contribution is -2.28. The van der Waals surface area contributed by atoms with Crippen LogP contribution in [0.2, 0.25) is 0 Å². The monoisotopic (exact) mass is 435 g/mol. The molecule has 3 aromatic rings. The summed E-state index contributed by atoms with van der Waals surface area (Å²) in [6, 6.07) is 11.1. The van der Waals surface area contributed by atoms with Gasteiger partial charge in [0.2, 0.25) is 0 Å². The van der Waals surface area contributed by atoms with Crippen molar-refractivity contribution in [1.82, 2.24) is 10.3 Å². The molecule has 0 saturated heterocycles. The number of carbonyl (C=O) groups is 2. The third kappa shape index (κ3) is 4.77. The molecule has 168 valence electrons. The van der Waals surface area contributed by atoms with Gasteiger partial charge in [-0.05, 0) is 49.9 Å². The molecule has 1 atom stereocenters. The first-order valence-electron chi connectivity index (χ1n) is 11.2. The van der Waals surface area contributed by atoms with Gasteiger partial charge < -0.3 is 20.2 Å². The number of carboxylic acid groups (broad SMARTS) is 1. The first-order valence-corrected chi connectivity index (χ1v) is 11.2. The van der Waals surface area contributed by atoms with Crippen molar-refractivity contribution in [2.24, 2.45) is 5.92 Å². The van der Waals surface area contributed by atoms with Crippen LogP contribution in [0.5, 0.6) is 0 Å². The number of rotatable bonds is 8. The minimum atomic E-state index is -0.942. The largest absolute Gasteiger partial charge is 0.481 e. The number of para-hydroxylation sites is 1. The summed E-state index contributed by atoms with van der Waals surface area (Å²) in [6.45, 7) is 2.12. The van der Waals surface area contributed by atoms with E-state index in [4.69, 9.17) is 9.52 Å². The molecule has 0 radical (unpaired) electrons. The number of aryl methyl sites for hydroxylation is 1. The summed E-state index contributed by atoms with van der Waals surface area (Å²) < 4.78 is 6.29. The molecule has 3 N–H and O–H groups in total. The number of anilines is 1. The van der Waals surface area contributed by atoms with Crippen molar-refractivity contribution in [3.05, 3.63) is 59.5 Å². The number of hydrogen-bond donors (Lipinski definition) is 3. The summed E-state index contributed by atoms with van der Waals surface area (Å²) in [5.74, 6) is 0.0145. The molecule has 1 unspecified atom stereocenters. The van der Waals surface area contributed by atoms with E-state index in [1.54, 1.807) is 12.3 Å². The van der Waals surface area contributed by atoms with Gasteiger partial charge in [-0.1, -0.05) is 31.4 Å². The van der Waals surface area contributed by atoms with Gasteiger partial charge in [0.15, 0.2) is 5.58 Å². The highest BCUT2D eigenvalue weighted by atomic mass is 16.4. The van der Waals surface area contributed by atoms with Crippen LogP contribution in [-0.2, 0) is 4.79 Å². The van der Waals surface area contributed by atoms with Crippen molar-refractivity contribution in [1.29, 1.82) is 0 Å². The summed E-state index contributed by atoms with van der Waals surface area (Å²) in [5.41, 5.74) is 3.86. The fourth-order valence-electron chi connectivity index (χ4n) is 4.58. The predicted octanol–water partition coefficient (Wildman–Crippen LogP) is 5.07. The number of nitrogens with one attached hydrogen (secondary N) is 2. The van der Waals surface area contributed by atoms with Crippen molar-refractivity contribution in [3.63, 3.8) is 0 Å². The maximum absolute atomic E-state index is 12.8. The Hall–Kier alpha value is -3.35. The number of carboxylic acids is 1. The molecule has 2 heterocycles. The zero-order chi connectivity index (χ0) is 22.5. The molecule has 1 amide bonds. The number of aromatic nitrogens is 1. The second-order valence-electron chi connectivity index (χ2n) is 8.41. The van der Waals surface area contributed by atoms with Gasteiger partial charge in [-0.3, -0.25) is 14.6 Å². The van der Waals surface area contributed by atoms with Gasteiger partial charge in [-0.15, -0.1) is 0 Å². The summed E-state index contributed by atoms with van der Waals surface area (Å²) >= 11 is 0.